The van der Waals surface area contributed by atoms with Gasteiger partial charge in [-0.05, 0) is 68.7 Å². The lowest BCUT2D eigenvalue weighted by atomic mass is 10.1. The molecule has 0 saturated heterocycles. The maximum atomic E-state index is 12.6. The molecule has 31 heavy (non-hydrogen) atoms. The summed E-state index contributed by atoms with van der Waals surface area (Å²) < 4.78 is 0. The largest absolute Gasteiger partial charge is 0.352 e. The number of hydrogen-bond acceptors (Lipinski definition) is 4. The van der Waals surface area contributed by atoms with Crippen LogP contribution in [-0.2, 0) is 4.79 Å². The highest BCUT2D eigenvalue weighted by molar-refractivity contribution is 8.04. The highest BCUT2D eigenvalue weighted by atomic mass is 32.2. The van der Waals surface area contributed by atoms with E-state index in [1.165, 1.54) is 11.8 Å². The van der Waals surface area contributed by atoms with E-state index in [-0.39, 0.29) is 11.8 Å². The van der Waals surface area contributed by atoms with Crippen LogP contribution in [0, 0.1) is 0 Å². The fourth-order valence-corrected chi connectivity index (χ4v) is 4.51. The monoisotopic (exact) mass is 437 g/mol. The molecule has 0 unspecified atom stereocenters. The lowest BCUT2D eigenvalue weighted by Gasteiger charge is -2.21. The summed E-state index contributed by atoms with van der Waals surface area (Å²) in [5.41, 5.74) is 2.23. The number of hydrogen-bond donors (Lipinski definition) is 2. The van der Waals surface area contributed by atoms with Crippen LogP contribution < -0.4 is 10.6 Å². The van der Waals surface area contributed by atoms with Crippen molar-refractivity contribution in [3.8, 4) is 0 Å². The van der Waals surface area contributed by atoms with Crippen molar-refractivity contribution in [3.05, 3.63) is 64.6 Å². The fourth-order valence-electron chi connectivity index (χ4n) is 3.58. The van der Waals surface area contributed by atoms with Gasteiger partial charge < -0.3 is 15.5 Å². The Kier molecular flexibility index (Phi) is 8.74. The molecule has 0 radical (unpaired) electrons. The molecular formula is C25H31N3O2S. The molecule has 0 fully saturated rings. The minimum atomic E-state index is -0.147. The molecular weight excluding hydrogens is 406 g/mol. The first-order valence-electron chi connectivity index (χ1n) is 11.0. The SMILES string of the molecule is CCCN(CCC)CCCNC(=O)c1ccc2c(c1)NC(=O)/C(=C/c1ccccc1)S2. The van der Waals surface area contributed by atoms with E-state index in [0.29, 0.717) is 22.7 Å². The molecule has 0 saturated carbocycles. The Labute approximate surface area is 189 Å². The van der Waals surface area contributed by atoms with Crippen LogP contribution in [0.5, 0.6) is 0 Å². The van der Waals surface area contributed by atoms with Crippen LogP contribution in [0.25, 0.3) is 6.08 Å². The summed E-state index contributed by atoms with van der Waals surface area (Å²) in [7, 11) is 0. The highest BCUT2D eigenvalue weighted by Crippen LogP contribution is 2.39. The number of carbonyl (C=O) groups is 2. The molecule has 1 heterocycles. The van der Waals surface area contributed by atoms with Crippen molar-refractivity contribution < 1.29 is 9.59 Å². The zero-order valence-electron chi connectivity index (χ0n) is 18.3. The second-order valence-corrected chi connectivity index (χ2v) is 8.72. The Hall–Kier alpha value is -2.57. The average molecular weight is 438 g/mol. The molecule has 3 rings (SSSR count). The summed E-state index contributed by atoms with van der Waals surface area (Å²) in [5.74, 6) is -0.254. The number of rotatable bonds is 10. The van der Waals surface area contributed by atoms with Crippen molar-refractivity contribution in [1.29, 1.82) is 0 Å². The Morgan fingerprint density at radius 3 is 2.52 bits per heavy atom. The number of nitrogens with one attached hydrogen (secondary N) is 2. The average Bonchev–Trinajstić information content (AvgIpc) is 2.77. The summed E-state index contributed by atoms with van der Waals surface area (Å²) in [6.45, 7) is 8.23. The maximum absolute atomic E-state index is 12.6. The fraction of sp³-hybridized carbons (Fsp3) is 0.360. The maximum Gasteiger partial charge on any atom is 0.262 e. The van der Waals surface area contributed by atoms with Gasteiger partial charge >= 0.3 is 0 Å². The van der Waals surface area contributed by atoms with Crippen LogP contribution >= 0.6 is 11.8 Å². The molecule has 0 atom stereocenters. The minimum absolute atomic E-state index is 0.106. The molecule has 6 heteroatoms. The predicted octanol–water partition coefficient (Wildman–Crippen LogP) is 5.01. The molecule has 0 bridgehead atoms. The zero-order chi connectivity index (χ0) is 22.1. The number of benzene rings is 2. The summed E-state index contributed by atoms with van der Waals surface area (Å²) in [6, 6.07) is 15.3. The quantitative estimate of drug-likeness (QED) is 0.405. The van der Waals surface area contributed by atoms with E-state index in [9.17, 15) is 9.59 Å². The van der Waals surface area contributed by atoms with Crippen LogP contribution in [0.15, 0.2) is 58.3 Å². The van der Waals surface area contributed by atoms with Gasteiger partial charge in [0.05, 0.1) is 10.6 Å². The zero-order valence-corrected chi connectivity index (χ0v) is 19.1. The molecule has 1 aliphatic rings. The van der Waals surface area contributed by atoms with Crippen LogP contribution in [0.3, 0.4) is 0 Å². The molecule has 2 aromatic carbocycles. The van der Waals surface area contributed by atoms with Crippen LogP contribution in [0.2, 0.25) is 0 Å². The Morgan fingerprint density at radius 2 is 1.81 bits per heavy atom. The third-order valence-electron chi connectivity index (χ3n) is 5.05. The van der Waals surface area contributed by atoms with Gasteiger partial charge in [-0.25, -0.2) is 0 Å². The van der Waals surface area contributed by atoms with E-state index < -0.39 is 0 Å². The van der Waals surface area contributed by atoms with Gasteiger partial charge in [-0.3, -0.25) is 9.59 Å². The van der Waals surface area contributed by atoms with E-state index >= 15 is 0 Å². The predicted molar refractivity (Wildman–Crippen MR) is 129 cm³/mol. The van der Waals surface area contributed by atoms with E-state index in [2.05, 4.69) is 29.4 Å². The molecule has 0 aliphatic carbocycles. The normalized spacial score (nSPS) is 14.4. The van der Waals surface area contributed by atoms with E-state index in [0.717, 1.165) is 49.4 Å². The third kappa shape index (κ3) is 6.71. The van der Waals surface area contributed by atoms with Gasteiger partial charge in [-0.2, -0.15) is 0 Å². The lowest BCUT2D eigenvalue weighted by molar-refractivity contribution is -0.112. The van der Waals surface area contributed by atoms with Gasteiger partial charge in [-0.1, -0.05) is 55.9 Å². The Balaban J connectivity index is 1.57. The van der Waals surface area contributed by atoms with Gasteiger partial charge in [0.15, 0.2) is 0 Å². The number of nitrogens with zero attached hydrogens (tertiary/aromatic N) is 1. The van der Waals surface area contributed by atoms with Crippen molar-refractivity contribution in [2.24, 2.45) is 0 Å². The first-order valence-corrected chi connectivity index (χ1v) is 11.8. The Morgan fingerprint density at radius 1 is 1.06 bits per heavy atom. The van der Waals surface area contributed by atoms with E-state index in [1.807, 2.05) is 48.5 Å². The van der Waals surface area contributed by atoms with Gasteiger partial charge in [-0.15, -0.1) is 0 Å². The smallest absolute Gasteiger partial charge is 0.262 e. The molecule has 2 amide bonds. The molecule has 2 aromatic rings. The number of carbonyl (C=O) groups excluding carboxylic acids is 2. The van der Waals surface area contributed by atoms with Crippen LogP contribution in [-0.4, -0.2) is 42.9 Å². The molecule has 2 N–H and O–H groups in total. The van der Waals surface area contributed by atoms with Gasteiger partial charge in [0, 0.05) is 17.0 Å². The second-order valence-electron chi connectivity index (χ2n) is 7.64. The number of anilines is 1. The van der Waals surface area contributed by atoms with Crippen molar-refractivity contribution in [2.75, 3.05) is 31.5 Å². The summed E-state index contributed by atoms with van der Waals surface area (Å²) in [6.07, 6.45) is 5.10. The summed E-state index contributed by atoms with van der Waals surface area (Å²) in [4.78, 5) is 29.1. The molecule has 164 valence electrons. The van der Waals surface area contributed by atoms with Gasteiger partial charge in [0.1, 0.15) is 0 Å². The van der Waals surface area contributed by atoms with Gasteiger partial charge in [0.2, 0.25) is 0 Å². The lowest BCUT2D eigenvalue weighted by Crippen LogP contribution is -2.31. The van der Waals surface area contributed by atoms with E-state index in [1.54, 1.807) is 6.07 Å². The van der Waals surface area contributed by atoms with Gasteiger partial charge in [0.25, 0.3) is 11.8 Å². The van der Waals surface area contributed by atoms with Crippen LogP contribution in [0.4, 0.5) is 5.69 Å². The highest BCUT2D eigenvalue weighted by Gasteiger charge is 2.22. The van der Waals surface area contributed by atoms with Crippen LogP contribution in [0.1, 0.15) is 49.0 Å². The van der Waals surface area contributed by atoms with E-state index in [4.69, 9.17) is 0 Å². The van der Waals surface area contributed by atoms with Crippen molar-refractivity contribution in [1.82, 2.24) is 10.2 Å². The standard InChI is InChI=1S/C25H31N3O2S/c1-3-14-28(15-4-2)16-8-13-26-24(29)20-11-12-22-21(18-20)27-25(30)23(31-22)17-19-9-6-5-7-10-19/h5-7,9-12,17-18H,3-4,8,13-16H2,1-2H3,(H,26,29)(H,27,30)/b23-17-. The number of fused-ring (bicyclic) bond motifs is 1. The first-order chi connectivity index (χ1) is 15.1. The summed E-state index contributed by atoms with van der Waals surface area (Å²) in [5, 5.41) is 5.92. The third-order valence-corrected chi connectivity index (χ3v) is 6.15. The van der Waals surface area contributed by atoms with Crippen molar-refractivity contribution in [2.45, 2.75) is 38.0 Å². The topological polar surface area (TPSA) is 61.4 Å². The second kappa shape index (κ2) is 11.7. The minimum Gasteiger partial charge on any atom is -0.352 e. The van der Waals surface area contributed by atoms with Crippen molar-refractivity contribution in [3.63, 3.8) is 0 Å². The molecule has 1 aliphatic heterocycles. The molecule has 5 nitrogen and oxygen atoms in total. The number of thioether (sulfide) groups is 1. The molecule has 0 aromatic heterocycles. The molecule has 0 spiro atoms. The van der Waals surface area contributed by atoms with Crippen molar-refractivity contribution >= 4 is 35.3 Å². The first kappa shape index (κ1) is 23.1. The number of amides is 2. The summed E-state index contributed by atoms with van der Waals surface area (Å²) >= 11 is 1.43. The Bertz CT molecular complexity index is 922.